The van der Waals surface area contributed by atoms with Gasteiger partial charge in [-0.15, -0.1) is 0 Å². The molecule has 0 amide bonds. The molecule has 3 heterocycles. The molecule has 1 atom stereocenters. The zero-order valence-corrected chi connectivity index (χ0v) is 17.7. The Morgan fingerprint density at radius 3 is 2.66 bits per heavy atom. The van der Waals surface area contributed by atoms with Crippen molar-refractivity contribution in [3.63, 3.8) is 0 Å². The molecule has 0 spiro atoms. The van der Waals surface area contributed by atoms with E-state index in [-0.39, 0.29) is 0 Å². The van der Waals surface area contributed by atoms with Crippen LogP contribution >= 0.6 is 0 Å². The molecule has 0 aromatic carbocycles. The summed E-state index contributed by atoms with van der Waals surface area (Å²) < 4.78 is 17.5. The lowest BCUT2D eigenvalue weighted by molar-refractivity contribution is -0.0721. The first-order valence-corrected chi connectivity index (χ1v) is 11.7. The van der Waals surface area contributed by atoms with Crippen LogP contribution in [0.5, 0.6) is 0 Å². The molecule has 0 radical (unpaired) electrons. The molecule has 0 bridgehead atoms. The van der Waals surface area contributed by atoms with Gasteiger partial charge in [-0.25, -0.2) is 0 Å². The van der Waals surface area contributed by atoms with Crippen molar-refractivity contribution in [2.24, 2.45) is 4.99 Å². The molecule has 6 heteroatoms. The number of hydrogen-bond donors (Lipinski definition) is 1. The van der Waals surface area contributed by atoms with Crippen LogP contribution in [0.3, 0.4) is 0 Å². The Bertz CT molecular complexity index is 599. The number of ether oxygens (including phenoxy) is 2. The summed E-state index contributed by atoms with van der Waals surface area (Å²) in [5.41, 5.74) is 0. The van der Waals surface area contributed by atoms with E-state index in [2.05, 4.69) is 10.2 Å². The second kappa shape index (κ2) is 11.0. The lowest BCUT2D eigenvalue weighted by Gasteiger charge is -2.36. The number of nitrogens with one attached hydrogen (secondary N) is 1. The molecule has 6 nitrogen and oxygen atoms in total. The average molecular weight is 404 g/mol. The van der Waals surface area contributed by atoms with Crippen molar-refractivity contribution in [2.75, 3.05) is 32.8 Å². The third-order valence-corrected chi connectivity index (χ3v) is 6.42. The third-order valence-electron chi connectivity index (χ3n) is 6.42. The zero-order valence-electron chi connectivity index (χ0n) is 17.7. The van der Waals surface area contributed by atoms with E-state index in [1.807, 2.05) is 12.1 Å². The van der Waals surface area contributed by atoms with Gasteiger partial charge in [0.2, 0.25) is 0 Å². The number of piperidine rings is 1. The highest BCUT2D eigenvalue weighted by atomic mass is 16.5. The van der Waals surface area contributed by atoms with Gasteiger partial charge in [-0.1, -0.05) is 12.8 Å². The van der Waals surface area contributed by atoms with E-state index in [0.29, 0.717) is 18.2 Å². The summed E-state index contributed by atoms with van der Waals surface area (Å²) in [5.74, 6) is 2.09. The number of guanidine groups is 1. The van der Waals surface area contributed by atoms with E-state index < -0.39 is 0 Å². The molecule has 1 aromatic rings. The van der Waals surface area contributed by atoms with Gasteiger partial charge in [0.25, 0.3) is 0 Å². The molecular formula is C23H37N3O3. The van der Waals surface area contributed by atoms with E-state index in [9.17, 15) is 0 Å². The van der Waals surface area contributed by atoms with Gasteiger partial charge in [-0.2, -0.15) is 0 Å². The lowest BCUT2D eigenvalue weighted by atomic mass is 10.1. The Labute approximate surface area is 175 Å². The van der Waals surface area contributed by atoms with Gasteiger partial charge in [-0.3, -0.25) is 4.99 Å². The van der Waals surface area contributed by atoms with Crippen molar-refractivity contribution in [1.82, 2.24) is 10.2 Å². The van der Waals surface area contributed by atoms with Crippen LogP contribution in [0.2, 0.25) is 0 Å². The van der Waals surface area contributed by atoms with Gasteiger partial charge < -0.3 is 24.1 Å². The lowest BCUT2D eigenvalue weighted by Crippen LogP contribution is -2.49. The standard InChI is InChI=1S/C23H37N3O3/c1-2-7-19(6-1)25-23(24-13-10-20-9-5-17-27-20)26-14-11-21(12-15-26)29-18-22-8-3-4-16-28-22/h5,9,17,19,21-22H,1-4,6-8,10-16,18H2,(H,24,25). The van der Waals surface area contributed by atoms with Gasteiger partial charge in [-0.05, 0) is 57.1 Å². The van der Waals surface area contributed by atoms with Crippen LogP contribution in [0.15, 0.2) is 27.8 Å². The molecule has 162 valence electrons. The van der Waals surface area contributed by atoms with Crippen LogP contribution in [0.1, 0.15) is 63.5 Å². The highest BCUT2D eigenvalue weighted by Gasteiger charge is 2.25. The Kier molecular flexibility index (Phi) is 7.88. The summed E-state index contributed by atoms with van der Waals surface area (Å²) in [7, 11) is 0. The average Bonchev–Trinajstić information content (AvgIpc) is 3.47. The van der Waals surface area contributed by atoms with Crippen molar-refractivity contribution >= 4 is 5.96 Å². The second-order valence-corrected chi connectivity index (χ2v) is 8.67. The fourth-order valence-electron chi connectivity index (χ4n) is 4.63. The van der Waals surface area contributed by atoms with Crippen molar-refractivity contribution < 1.29 is 13.9 Å². The van der Waals surface area contributed by atoms with Gasteiger partial charge in [0.05, 0.1) is 25.1 Å². The largest absolute Gasteiger partial charge is 0.469 e. The molecular weight excluding hydrogens is 366 g/mol. The maximum absolute atomic E-state index is 6.19. The predicted octanol–water partition coefficient (Wildman–Crippen LogP) is 3.76. The first-order chi connectivity index (χ1) is 14.4. The topological polar surface area (TPSA) is 59.2 Å². The van der Waals surface area contributed by atoms with Crippen molar-refractivity contribution in [2.45, 2.75) is 82.5 Å². The molecule has 3 fully saturated rings. The number of nitrogens with zero attached hydrogens (tertiary/aromatic N) is 2. The molecule has 3 aliphatic rings. The summed E-state index contributed by atoms with van der Waals surface area (Å²) in [5, 5.41) is 3.75. The molecule has 1 aliphatic carbocycles. The summed E-state index contributed by atoms with van der Waals surface area (Å²) >= 11 is 0. The summed E-state index contributed by atoms with van der Waals surface area (Å²) in [4.78, 5) is 7.37. The van der Waals surface area contributed by atoms with Crippen molar-refractivity contribution in [3.8, 4) is 0 Å². The van der Waals surface area contributed by atoms with Crippen LogP contribution in [0, 0.1) is 0 Å². The Morgan fingerprint density at radius 1 is 1.10 bits per heavy atom. The SMILES string of the molecule is c1coc(CCN=C(NC2CCCC2)N2CCC(OCC3CCCCO3)CC2)c1. The van der Waals surface area contributed by atoms with Crippen molar-refractivity contribution in [3.05, 3.63) is 24.2 Å². The summed E-state index contributed by atoms with van der Waals surface area (Å²) in [6, 6.07) is 4.55. The fourth-order valence-corrected chi connectivity index (χ4v) is 4.63. The molecule has 1 N–H and O–H groups in total. The van der Waals surface area contributed by atoms with Crippen molar-refractivity contribution in [1.29, 1.82) is 0 Å². The predicted molar refractivity (Wildman–Crippen MR) is 114 cm³/mol. The van der Waals surface area contributed by atoms with Crippen LogP contribution in [0.25, 0.3) is 0 Å². The number of aliphatic imine (C=N–C) groups is 1. The van der Waals surface area contributed by atoms with Crippen LogP contribution in [-0.2, 0) is 15.9 Å². The smallest absolute Gasteiger partial charge is 0.194 e. The number of hydrogen-bond acceptors (Lipinski definition) is 4. The fraction of sp³-hybridized carbons (Fsp3) is 0.783. The van der Waals surface area contributed by atoms with E-state index >= 15 is 0 Å². The van der Waals surface area contributed by atoms with E-state index in [1.165, 1.54) is 38.5 Å². The zero-order chi connectivity index (χ0) is 19.7. The number of furan rings is 1. The summed E-state index contributed by atoms with van der Waals surface area (Å²) in [6.45, 7) is 4.44. The van der Waals surface area contributed by atoms with Crippen LogP contribution in [-0.4, -0.2) is 62.0 Å². The minimum atomic E-state index is 0.310. The highest BCUT2D eigenvalue weighted by Crippen LogP contribution is 2.20. The van der Waals surface area contributed by atoms with Gasteiger partial charge >= 0.3 is 0 Å². The minimum Gasteiger partial charge on any atom is -0.469 e. The molecule has 4 rings (SSSR count). The van der Waals surface area contributed by atoms with E-state index in [1.54, 1.807) is 6.26 Å². The third kappa shape index (κ3) is 6.48. The molecule has 2 aliphatic heterocycles. The second-order valence-electron chi connectivity index (χ2n) is 8.67. The first-order valence-electron chi connectivity index (χ1n) is 11.7. The minimum absolute atomic E-state index is 0.310. The quantitative estimate of drug-likeness (QED) is 0.555. The molecule has 1 aromatic heterocycles. The highest BCUT2D eigenvalue weighted by molar-refractivity contribution is 5.80. The van der Waals surface area contributed by atoms with E-state index in [0.717, 1.165) is 70.3 Å². The van der Waals surface area contributed by atoms with Gasteiger partial charge in [0.15, 0.2) is 5.96 Å². The molecule has 1 unspecified atom stereocenters. The normalized spacial score (nSPS) is 24.9. The summed E-state index contributed by atoms with van der Waals surface area (Å²) in [6.07, 6.45) is 14.2. The molecule has 2 saturated heterocycles. The van der Waals surface area contributed by atoms with Crippen LogP contribution < -0.4 is 5.32 Å². The Morgan fingerprint density at radius 2 is 1.93 bits per heavy atom. The number of likely N-dealkylation sites (tertiary alicyclic amines) is 1. The Balaban J connectivity index is 1.25. The first kappa shape index (κ1) is 20.7. The Hall–Kier alpha value is -1.53. The monoisotopic (exact) mass is 403 g/mol. The van der Waals surface area contributed by atoms with Crippen LogP contribution in [0.4, 0.5) is 0 Å². The molecule has 1 saturated carbocycles. The number of rotatable bonds is 7. The maximum Gasteiger partial charge on any atom is 0.194 e. The van der Waals surface area contributed by atoms with Gasteiger partial charge in [0.1, 0.15) is 5.76 Å². The van der Waals surface area contributed by atoms with Gasteiger partial charge in [0, 0.05) is 38.7 Å². The van der Waals surface area contributed by atoms with E-state index in [4.69, 9.17) is 18.9 Å². The molecule has 29 heavy (non-hydrogen) atoms. The maximum atomic E-state index is 6.19.